The number of aliphatic hydroxyl groups is 1. The molecule has 1 aliphatic heterocycles. The Morgan fingerprint density at radius 1 is 1.33 bits per heavy atom. The SMILES string of the molecule is CC(C)C(C)(CO)NC(=O)c1ccc(N2CCN(C)CC2)c(F)c1. The second-order valence-electron chi connectivity index (χ2n) is 7.14. The quantitative estimate of drug-likeness (QED) is 0.859. The highest BCUT2D eigenvalue weighted by Gasteiger charge is 2.30. The molecule has 1 aromatic rings. The van der Waals surface area contributed by atoms with E-state index in [0.29, 0.717) is 5.69 Å². The predicted molar refractivity (Wildman–Crippen MR) is 93.9 cm³/mol. The van der Waals surface area contributed by atoms with Gasteiger partial charge in [0.1, 0.15) is 5.82 Å². The molecule has 1 aromatic carbocycles. The number of piperazine rings is 1. The number of aliphatic hydroxyl groups excluding tert-OH is 1. The standard InChI is InChI=1S/C18H28FN3O2/c1-13(2)18(3,12-23)20-17(24)14-5-6-16(15(19)11-14)22-9-7-21(4)8-10-22/h5-6,11,13,23H,7-10,12H2,1-4H3,(H,20,24). The van der Waals surface area contributed by atoms with E-state index >= 15 is 0 Å². The monoisotopic (exact) mass is 337 g/mol. The van der Waals surface area contributed by atoms with Crippen molar-refractivity contribution in [3.8, 4) is 0 Å². The Labute approximate surface area is 143 Å². The lowest BCUT2D eigenvalue weighted by atomic mass is 9.89. The Kier molecular flexibility index (Phi) is 5.83. The second-order valence-corrected chi connectivity index (χ2v) is 7.14. The van der Waals surface area contributed by atoms with Crippen molar-refractivity contribution in [1.82, 2.24) is 10.2 Å². The molecule has 0 aromatic heterocycles. The van der Waals surface area contributed by atoms with Gasteiger partial charge in [-0.25, -0.2) is 4.39 Å². The van der Waals surface area contributed by atoms with Gasteiger partial charge in [-0.3, -0.25) is 4.79 Å². The van der Waals surface area contributed by atoms with Gasteiger partial charge < -0.3 is 20.2 Å². The molecule has 1 heterocycles. The van der Waals surface area contributed by atoms with Gasteiger partial charge >= 0.3 is 0 Å². The fourth-order valence-electron chi connectivity index (χ4n) is 2.65. The maximum atomic E-state index is 14.5. The average Bonchev–Trinajstić information content (AvgIpc) is 2.55. The van der Waals surface area contributed by atoms with Crippen molar-refractivity contribution in [2.24, 2.45) is 5.92 Å². The molecule has 5 nitrogen and oxygen atoms in total. The van der Waals surface area contributed by atoms with Crippen LogP contribution < -0.4 is 10.2 Å². The van der Waals surface area contributed by atoms with Gasteiger partial charge in [0.05, 0.1) is 17.8 Å². The smallest absolute Gasteiger partial charge is 0.251 e. The van der Waals surface area contributed by atoms with Crippen molar-refractivity contribution >= 4 is 11.6 Å². The van der Waals surface area contributed by atoms with Gasteiger partial charge in [0.2, 0.25) is 0 Å². The number of rotatable bonds is 5. The van der Waals surface area contributed by atoms with Crippen LogP contribution in [0.1, 0.15) is 31.1 Å². The maximum absolute atomic E-state index is 14.5. The zero-order chi connectivity index (χ0) is 17.9. The van der Waals surface area contributed by atoms with Crippen molar-refractivity contribution in [3.63, 3.8) is 0 Å². The van der Waals surface area contributed by atoms with E-state index in [0.717, 1.165) is 26.2 Å². The highest BCUT2D eigenvalue weighted by Crippen LogP contribution is 2.23. The van der Waals surface area contributed by atoms with Crippen LogP contribution in [0.3, 0.4) is 0 Å². The van der Waals surface area contributed by atoms with Gasteiger partial charge in [-0.05, 0) is 38.1 Å². The summed E-state index contributed by atoms with van der Waals surface area (Å²) in [7, 11) is 2.05. The minimum absolute atomic E-state index is 0.0564. The summed E-state index contributed by atoms with van der Waals surface area (Å²) < 4.78 is 14.5. The number of amides is 1. The Bertz CT molecular complexity index is 586. The summed E-state index contributed by atoms with van der Waals surface area (Å²) in [6.07, 6.45) is 0. The van der Waals surface area contributed by atoms with Crippen molar-refractivity contribution in [3.05, 3.63) is 29.6 Å². The van der Waals surface area contributed by atoms with E-state index in [4.69, 9.17) is 0 Å². The lowest BCUT2D eigenvalue weighted by Gasteiger charge is -2.34. The third-order valence-corrected chi connectivity index (χ3v) is 5.06. The molecule has 0 bridgehead atoms. The number of nitrogens with zero attached hydrogens (tertiary/aromatic N) is 2. The summed E-state index contributed by atoms with van der Waals surface area (Å²) in [5.41, 5.74) is 0.0723. The van der Waals surface area contributed by atoms with Crippen LogP contribution in [0.15, 0.2) is 18.2 Å². The molecule has 1 fully saturated rings. The van der Waals surface area contributed by atoms with Crippen LogP contribution in [0.25, 0.3) is 0 Å². The molecule has 0 radical (unpaired) electrons. The molecule has 1 saturated heterocycles. The largest absolute Gasteiger partial charge is 0.394 e. The third-order valence-electron chi connectivity index (χ3n) is 5.06. The number of hydrogen-bond acceptors (Lipinski definition) is 4. The van der Waals surface area contributed by atoms with Gasteiger partial charge in [-0.1, -0.05) is 13.8 Å². The summed E-state index contributed by atoms with van der Waals surface area (Å²) in [6.45, 7) is 8.80. The topological polar surface area (TPSA) is 55.8 Å². The zero-order valence-electron chi connectivity index (χ0n) is 15.0. The highest BCUT2D eigenvalue weighted by molar-refractivity contribution is 5.95. The molecule has 1 unspecified atom stereocenters. The van der Waals surface area contributed by atoms with Crippen LogP contribution in [0.5, 0.6) is 0 Å². The first-order chi connectivity index (χ1) is 11.3. The van der Waals surface area contributed by atoms with E-state index in [1.54, 1.807) is 19.1 Å². The van der Waals surface area contributed by atoms with Crippen LogP contribution >= 0.6 is 0 Å². The number of hydrogen-bond donors (Lipinski definition) is 2. The average molecular weight is 337 g/mol. The Hall–Kier alpha value is -1.66. The fraction of sp³-hybridized carbons (Fsp3) is 0.611. The lowest BCUT2D eigenvalue weighted by Crippen LogP contribution is -2.52. The predicted octanol–water partition coefficient (Wildman–Crippen LogP) is 1.71. The number of likely N-dealkylation sites (N-methyl/N-ethyl adjacent to an activating group) is 1. The molecule has 1 atom stereocenters. The molecule has 1 amide bonds. The zero-order valence-corrected chi connectivity index (χ0v) is 15.0. The molecule has 2 rings (SSSR count). The molecule has 134 valence electrons. The van der Waals surface area contributed by atoms with E-state index in [-0.39, 0.29) is 29.8 Å². The van der Waals surface area contributed by atoms with Crippen molar-refractivity contribution in [2.75, 3.05) is 44.7 Å². The number of nitrogens with one attached hydrogen (secondary N) is 1. The highest BCUT2D eigenvalue weighted by atomic mass is 19.1. The van der Waals surface area contributed by atoms with Crippen LogP contribution in [0.4, 0.5) is 10.1 Å². The first kappa shape index (κ1) is 18.7. The van der Waals surface area contributed by atoms with Crippen molar-refractivity contribution in [2.45, 2.75) is 26.3 Å². The van der Waals surface area contributed by atoms with Gasteiger partial charge in [0, 0.05) is 31.7 Å². The molecule has 2 N–H and O–H groups in total. The van der Waals surface area contributed by atoms with Gasteiger partial charge in [0.25, 0.3) is 5.91 Å². The Balaban J connectivity index is 2.13. The number of halogens is 1. The van der Waals surface area contributed by atoms with Crippen LogP contribution in [0, 0.1) is 11.7 Å². The molecule has 0 aliphatic carbocycles. The number of anilines is 1. The lowest BCUT2D eigenvalue weighted by molar-refractivity contribution is 0.0783. The minimum atomic E-state index is -0.732. The summed E-state index contributed by atoms with van der Waals surface area (Å²) in [5.74, 6) is -0.701. The normalized spacial score (nSPS) is 18.5. The summed E-state index contributed by atoms with van der Waals surface area (Å²) in [4.78, 5) is 16.6. The molecule has 0 spiro atoms. The summed E-state index contributed by atoms with van der Waals surface area (Å²) >= 11 is 0. The third kappa shape index (κ3) is 4.05. The van der Waals surface area contributed by atoms with E-state index < -0.39 is 5.54 Å². The van der Waals surface area contributed by atoms with Crippen molar-refractivity contribution in [1.29, 1.82) is 0 Å². The van der Waals surface area contributed by atoms with Crippen LogP contribution in [0.2, 0.25) is 0 Å². The van der Waals surface area contributed by atoms with Gasteiger partial charge in [-0.15, -0.1) is 0 Å². The van der Waals surface area contributed by atoms with E-state index in [1.165, 1.54) is 6.07 Å². The van der Waals surface area contributed by atoms with Crippen LogP contribution in [-0.4, -0.2) is 61.3 Å². The summed E-state index contributed by atoms with van der Waals surface area (Å²) in [6, 6.07) is 4.59. The Morgan fingerprint density at radius 3 is 2.46 bits per heavy atom. The van der Waals surface area contributed by atoms with Crippen molar-refractivity contribution < 1.29 is 14.3 Å². The molecule has 24 heavy (non-hydrogen) atoms. The van der Waals surface area contributed by atoms with E-state index in [1.807, 2.05) is 25.8 Å². The number of carbonyl (C=O) groups excluding carboxylic acids is 1. The molecular formula is C18H28FN3O2. The molecule has 6 heteroatoms. The van der Waals surface area contributed by atoms with Gasteiger partial charge in [0.15, 0.2) is 0 Å². The van der Waals surface area contributed by atoms with Crippen LogP contribution in [-0.2, 0) is 0 Å². The van der Waals surface area contributed by atoms with Gasteiger partial charge in [-0.2, -0.15) is 0 Å². The minimum Gasteiger partial charge on any atom is -0.394 e. The first-order valence-corrected chi connectivity index (χ1v) is 8.43. The van der Waals surface area contributed by atoms with E-state index in [9.17, 15) is 14.3 Å². The maximum Gasteiger partial charge on any atom is 0.251 e. The summed E-state index contributed by atoms with van der Waals surface area (Å²) in [5, 5.41) is 12.4. The second kappa shape index (κ2) is 7.49. The molecule has 1 aliphatic rings. The fourth-order valence-corrected chi connectivity index (χ4v) is 2.65. The molecular weight excluding hydrogens is 309 g/mol. The Morgan fingerprint density at radius 2 is 1.96 bits per heavy atom. The number of carbonyl (C=O) groups is 1. The molecule has 0 saturated carbocycles. The van der Waals surface area contributed by atoms with E-state index in [2.05, 4.69) is 10.2 Å². The first-order valence-electron chi connectivity index (χ1n) is 8.43. The number of benzene rings is 1.